The molecule has 39 heavy (non-hydrogen) atoms. The number of rotatable bonds is 6. The fraction of sp³-hybridized carbons (Fsp3) is 0.464. The van der Waals surface area contributed by atoms with Gasteiger partial charge in [0.1, 0.15) is 5.54 Å². The van der Waals surface area contributed by atoms with Gasteiger partial charge in [0, 0.05) is 43.0 Å². The number of hydrogen-bond donors (Lipinski definition) is 3. The van der Waals surface area contributed by atoms with Gasteiger partial charge < -0.3 is 10.2 Å². The molecule has 11 heteroatoms. The van der Waals surface area contributed by atoms with Crippen LogP contribution in [0.2, 0.25) is 0 Å². The summed E-state index contributed by atoms with van der Waals surface area (Å²) in [6.07, 6.45) is 8.50. The monoisotopic (exact) mass is 564 g/mol. The maximum absolute atomic E-state index is 13.4. The number of nitriles is 1. The number of anilines is 1. The van der Waals surface area contributed by atoms with Gasteiger partial charge in [-0.25, -0.2) is 15.0 Å². The molecule has 9 nitrogen and oxygen atoms in total. The van der Waals surface area contributed by atoms with Crippen molar-refractivity contribution in [3.63, 3.8) is 0 Å². The van der Waals surface area contributed by atoms with Crippen molar-refractivity contribution >= 4 is 33.5 Å². The molecule has 3 fully saturated rings. The Morgan fingerprint density at radius 1 is 1.10 bits per heavy atom. The van der Waals surface area contributed by atoms with E-state index < -0.39 is 16.1 Å². The van der Waals surface area contributed by atoms with Crippen molar-refractivity contribution in [2.75, 3.05) is 29.5 Å². The van der Waals surface area contributed by atoms with Crippen LogP contribution in [0.15, 0.2) is 42.7 Å². The molecule has 3 N–H and O–H groups in total. The molecule has 3 aliphatic rings. The molecule has 2 aliphatic carbocycles. The van der Waals surface area contributed by atoms with Crippen LogP contribution in [-0.2, 0) is 4.79 Å². The Bertz CT molecular complexity index is 1370. The van der Waals surface area contributed by atoms with Gasteiger partial charge in [-0.2, -0.15) is 15.9 Å². The first kappa shape index (κ1) is 26.2. The molecular formula is C28H32N6O3S2. The fourth-order valence-corrected chi connectivity index (χ4v) is 7.91. The first-order valence-electron chi connectivity index (χ1n) is 13.5. The van der Waals surface area contributed by atoms with Crippen LogP contribution in [0.3, 0.4) is 0 Å². The van der Waals surface area contributed by atoms with Gasteiger partial charge in [-0.1, -0.05) is 25.0 Å². The normalized spacial score (nSPS) is 24.4. The number of thiazole rings is 1. The topological polar surface area (TPSA) is 135 Å². The van der Waals surface area contributed by atoms with E-state index in [1.54, 1.807) is 29.8 Å². The highest BCUT2D eigenvalue weighted by Gasteiger charge is 2.47. The first-order valence-corrected chi connectivity index (χ1v) is 16.2. The van der Waals surface area contributed by atoms with Gasteiger partial charge in [0.25, 0.3) is 0 Å². The van der Waals surface area contributed by atoms with Crippen molar-refractivity contribution in [2.24, 2.45) is 5.92 Å². The number of aromatic nitrogens is 3. The van der Waals surface area contributed by atoms with Crippen molar-refractivity contribution in [3.05, 3.63) is 48.4 Å². The zero-order valence-corrected chi connectivity index (χ0v) is 23.3. The summed E-state index contributed by atoms with van der Waals surface area (Å²) in [6, 6.07) is 12.4. The summed E-state index contributed by atoms with van der Waals surface area (Å²) in [5.41, 5.74) is 2.29. The zero-order chi connectivity index (χ0) is 27.0. The van der Waals surface area contributed by atoms with Crippen molar-refractivity contribution in [2.45, 2.75) is 50.0 Å². The number of nitrogens with zero attached hydrogens (tertiary/aromatic N) is 5. The maximum atomic E-state index is 13.4. The minimum atomic E-state index is -2.45. The third-order valence-corrected chi connectivity index (χ3v) is 10.9. The lowest BCUT2D eigenvalue weighted by Crippen LogP contribution is -2.42. The van der Waals surface area contributed by atoms with Crippen molar-refractivity contribution < 1.29 is 13.9 Å². The molecular weight excluding hydrogens is 532 g/mol. The molecule has 204 valence electrons. The van der Waals surface area contributed by atoms with Crippen LogP contribution >= 0.6 is 21.9 Å². The highest BCUT2D eigenvalue weighted by Crippen LogP contribution is 2.47. The van der Waals surface area contributed by atoms with Crippen molar-refractivity contribution in [3.8, 4) is 27.3 Å². The van der Waals surface area contributed by atoms with E-state index in [1.165, 1.54) is 0 Å². The van der Waals surface area contributed by atoms with Crippen LogP contribution in [0.25, 0.3) is 21.3 Å². The second kappa shape index (κ2) is 10.5. The van der Waals surface area contributed by atoms with E-state index in [0.29, 0.717) is 43.3 Å². The maximum Gasteiger partial charge on any atom is 0.225 e. The molecule has 0 bridgehead atoms. The lowest BCUT2D eigenvalue weighted by Gasteiger charge is -2.41. The van der Waals surface area contributed by atoms with Crippen molar-refractivity contribution in [1.29, 1.82) is 5.26 Å². The first-order chi connectivity index (χ1) is 18.9. The average Bonchev–Trinajstić information content (AvgIpc) is 3.60. The Labute approximate surface area is 233 Å². The summed E-state index contributed by atoms with van der Waals surface area (Å²) in [5, 5.41) is 13.3. The van der Waals surface area contributed by atoms with Crippen LogP contribution in [0.5, 0.6) is 0 Å². The molecule has 0 radical (unpaired) electrons. The molecule has 0 unspecified atom stereocenters. The molecule has 3 aromatic rings. The zero-order valence-electron chi connectivity index (χ0n) is 21.6. The summed E-state index contributed by atoms with van der Waals surface area (Å²) in [6.45, 7) is 1.23. The molecule has 1 aromatic carbocycles. The summed E-state index contributed by atoms with van der Waals surface area (Å²) >= 11 is 1.55. The predicted molar refractivity (Wildman–Crippen MR) is 154 cm³/mol. The number of hydrogen-bond acceptors (Lipinski definition) is 9. The molecule has 0 spiro atoms. The number of amides is 1. The lowest BCUT2D eigenvalue weighted by atomic mass is 9.76. The fourth-order valence-electron chi connectivity index (χ4n) is 5.59. The van der Waals surface area contributed by atoms with Gasteiger partial charge in [0.2, 0.25) is 5.91 Å². The predicted octanol–water partition coefficient (Wildman–Crippen LogP) is 5.28. The standard InChI is InChI=1S/C28H32N6O3S2/c29-18-28(10-11-28)33-26(35)22-5-2-1-4-21(22)23-24(38-27(32-23)25-30-12-3-13-31-25)19-6-8-20(9-7-19)34-14-16-39(36,37)17-15-34/h3,6-9,12-13,21-22,36-37H,1-2,4-5,10-11,14-17H2,(H,33,35)/t21-,22-/m1/s1. The Hall–Kier alpha value is -3.04. The minimum absolute atomic E-state index is 0.0402. The summed E-state index contributed by atoms with van der Waals surface area (Å²) in [5.74, 6) is 1.03. The van der Waals surface area contributed by atoms with E-state index in [4.69, 9.17) is 4.98 Å². The molecule has 1 saturated heterocycles. The van der Waals surface area contributed by atoms with Gasteiger partial charge in [0.15, 0.2) is 10.8 Å². The molecule has 2 atom stereocenters. The largest absolute Gasteiger partial charge is 0.368 e. The van der Waals surface area contributed by atoms with Crippen LogP contribution < -0.4 is 10.2 Å². The summed E-state index contributed by atoms with van der Waals surface area (Å²) < 4.78 is 20.0. The summed E-state index contributed by atoms with van der Waals surface area (Å²) in [7, 11) is -2.45. The third-order valence-electron chi connectivity index (χ3n) is 8.06. The van der Waals surface area contributed by atoms with Crippen molar-refractivity contribution in [1.82, 2.24) is 20.3 Å². The number of carbonyl (C=O) groups is 1. The highest BCUT2D eigenvalue weighted by molar-refractivity contribution is 8.24. The number of nitrogens with one attached hydrogen (secondary N) is 1. The lowest BCUT2D eigenvalue weighted by molar-refractivity contribution is -0.127. The molecule has 2 aromatic heterocycles. The number of benzene rings is 1. The smallest absolute Gasteiger partial charge is 0.225 e. The van der Waals surface area contributed by atoms with Gasteiger partial charge in [-0.15, -0.1) is 11.3 Å². The quantitative estimate of drug-likeness (QED) is 0.368. The summed E-state index contributed by atoms with van der Waals surface area (Å²) in [4.78, 5) is 30.5. The van der Waals surface area contributed by atoms with E-state index in [0.717, 1.165) is 52.5 Å². The molecule has 3 heterocycles. The van der Waals surface area contributed by atoms with Gasteiger partial charge >= 0.3 is 0 Å². The van der Waals surface area contributed by atoms with E-state index in [1.807, 2.05) is 0 Å². The van der Waals surface area contributed by atoms with Crippen LogP contribution in [0, 0.1) is 17.2 Å². The molecule has 6 rings (SSSR count). The molecule has 1 amide bonds. The molecule has 2 saturated carbocycles. The SMILES string of the molecule is N#CC1(NC(=O)[C@@H]2CCCC[C@H]2c2nc(-c3ncccn3)sc2-c2ccc(N3CCS(O)(O)CC3)cc2)CC1. The Morgan fingerprint density at radius 2 is 1.79 bits per heavy atom. The third kappa shape index (κ3) is 5.52. The Kier molecular flexibility index (Phi) is 7.05. The van der Waals surface area contributed by atoms with E-state index in [9.17, 15) is 19.2 Å². The second-order valence-corrected chi connectivity index (χ2v) is 14.2. The Balaban J connectivity index is 1.33. The van der Waals surface area contributed by atoms with Gasteiger partial charge in [-0.05, 0) is 49.4 Å². The van der Waals surface area contributed by atoms with Gasteiger partial charge in [0.05, 0.1) is 28.1 Å². The average molecular weight is 565 g/mol. The Morgan fingerprint density at radius 3 is 2.46 bits per heavy atom. The van der Waals surface area contributed by atoms with Crippen LogP contribution in [-0.4, -0.2) is 60.1 Å². The van der Waals surface area contributed by atoms with Gasteiger partial charge in [-0.3, -0.25) is 13.9 Å². The minimum Gasteiger partial charge on any atom is -0.368 e. The van der Waals surface area contributed by atoms with E-state index in [2.05, 4.69) is 50.5 Å². The molecule has 1 aliphatic heterocycles. The van der Waals surface area contributed by atoms with E-state index >= 15 is 0 Å². The number of carbonyl (C=O) groups excluding carboxylic acids is 1. The van der Waals surface area contributed by atoms with Crippen LogP contribution in [0.1, 0.15) is 50.1 Å². The highest BCUT2D eigenvalue weighted by atomic mass is 32.3. The second-order valence-electron chi connectivity index (χ2n) is 10.7. The van der Waals surface area contributed by atoms with Crippen LogP contribution in [0.4, 0.5) is 5.69 Å². The van der Waals surface area contributed by atoms with E-state index in [-0.39, 0.29) is 17.7 Å².